The number of benzene rings is 1. The number of carbonyl (C=O) groups is 2. The smallest absolute Gasteiger partial charge is 0.338 e. The maximum atomic E-state index is 11.9. The Labute approximate surface area is 123 Å². The molecule has 0 spiro atoms. The van der Waals surface area contributed by atoms with Gasteiger partial charge in [-0.15, -0.1) is 0 Å². The van der Waals surface area contributed by atoms with Crippen LogP contribution in [0.25, 0.3) is 0 Å². The fourth-order valence-electron chi connectivity index (χ4n) is 2.26. The molecule has 0 saturated heterocycles. The standard InChI is InChI=1S/C15H18ClNO3/c1-10(14(18)17-13-4-2-3-5-13)20-15(19)11-6-8-12(16)9-7-11/h6-10,13H,2-5H2,1H3,(H,17,18)/t10-/m1/s1. The Morgan fingerprint density at radius 2 is 1.85 bits per heavy atom. The Bertz CT molecular complexity index is 480. The lowest BCUT2D eigenvalue weighted by Crippen LogP contribution is -2.40. The molecule has 1 atom stereocenters. The summed E-state index contributed by atoms with van der Waals surface area (Å²) >= 11 is 5.75. The van der Waals surface area contributed by atoms with Crippen LogP contribution in [0.4, 0.5) is 0 Å². The van der Waals surface area contributed by atoms with Gasteiger partial charge in [-0.2, -0.15) is 0 Å². The number of hydrogen-bond acceptors (Lipinski definition) is 3. The molecule has 108 valence electrons. The molecule has 0 heterocycles. The highest BCUT2D eigenvalue weighted by Crippen LogP contribution is 2.18. The molecule has 1 fully saturated rings. The lowest BCUT2D eigenvalue weighted by atomic mass is 10.2. The number of halogens is 1. The van der Waals surface area contributed by atoms with Crippen molar-refractivity contribution in [2.24, 2.45) is 0 Å². The Kier molecular flexibility index (Phi) is 5.01. The van der Waals surface area contributed by atoms with E-state index in [2.05, 4.69) is 5.32 Å². The molecule has 1 amide bonds. The minimum Gasteiger partial charge on any atom is -0.449 e. The number of amides is 1. The van der Waals surface area contributed by atoms with Gasteiger partial charge in [0.1, 0.15) is 0 Å². The highest BCUT2D eigenvalue weighted by Gasteiger charge is 2.23. The molecule has 1 aliphatic carbocycles. The lowest BCUT2D eigenvalue weighted by molar-refractivity contribution is -0.129. The minimum absolute atomic E-state index is 0.221. The summed E-state index contributed by atoms with van der Waals surface area (Å²) in [5.41, 5.74) is 0.384. The summed E-state index contributed by atoms with van der Waals surface area (Å²) in [6, 6.07) is 6.60. The molecule has 0 aliphatic heterocycles. The van der Waals surface area contributed by atoms with Gasteiger partial charge in [0.15, 0.2) is 6.10 Å². The van der Waals surface area contributed by atoms with E-state index in [1.54, 1.807) is 31.2 Å². The number of nitrogens with one attached hydrogen (secondary N) is 1. The Morgan fingerprint density at radius 1 is 1.25 bits per heavy atom. The summed E-state index contributed by atoms with van der Waals surface area (Å²) in [7, 11) is 0. The Morgan fingerprint density at radius 3 is 2.45 bits per heavy atom. The van der Waals surface area contributed by atoms with Crippen molar-refractivity contribution in [2.75, 3.05) is 0 Å². The highest BCUT2D eigenvalue weighted by atomic mass is 35.5. The Hall–Kier alpha value is -1.55. The van der Waals surface area contributed by atoms with Gasteiger partial charge in [0.2, 0.25) is 0 Å². The first-order chi connectivity index (χ1) is 9.56. The van der Waals surface area contributed by atoms with Crippen LogP contribution in [0.15, 0.2) is 24.3 Å². The van der Waals surface area contributed by atoms with Gasteiger partial charge in [0, 0.05) is 11.1 Å². The van der Waals surface area contributed by atoms with E-state index in [1.807, 2.05) is 0 Å². The fourth-order valence-corrected chi connectivity index (χ4v) is 2.38. The normalized spacial score (nSPS) is 16.7. The summed E-state index contributed by atoms with van der Waals surface area (Å²) < 4.78 is 5.15. The summed E-state index contributed by atoms with van der Waals surface area (Å²) in [6.07, 6.45) is 3.50. The molecule has 0 unspecified atom stereocenters. The van der Waals surface area contributed by atoms with Crippen LogP contribution in [-0.2, 0) is 9.53 Å². The predicted octanol–water partition coefficient (Wildman–Crippen LogP) is 2.94. The molecule has 5 heteroatoms. The van der Waals surface area contributed by atoms with Crippen molar-refractivity contribution >= 4 is 23.5 Å². The molecule has 1 saturated carbocycles. The summed E-state index contributed by atoms with van der Waals surface area (Å²) in [5, 5.41) is 3.46. The number of carbonyl (C=O) groups excluding carboxylic acids is 2. The van der Waals surface area contributed by atoms with Gasteiger partial charge in [0.05, 0.1) is 5.56 Å². The predicted molar refractivity (Wildman–Crippen MR) is 76.7 cm³/mol. The number of hydrogen-bond donors (Lipinski definition) is 1. The van der Waals surface area contributed by atoms with E-state index < -0.39 is 12.1 Å². The zero-order valence-corrected chi connectivity index (χ0v) is 12.2. The Balaban J connectivity index is 1.86. The van der Waals surface area contributed by atoms with Gasteiger partial charge < -0.3 is 10.1 Å². The summed E-state index contributed by atoms with van der Waals surface area (Å²) in [6.45, 7) is 1.58. The van der Waals surface area contributed by atoms with Crippen molar-refractivity contribution in [2.45, 2.75) is 44.8 Å². The monoisotopic (exact) mass is 295 g/mol. The van der Waals surface area contributed by atoms with Crippen molar-refractivity contribution in [1.29, 1.82) is 0 Å². The van der Waals surface area contributed by atoms with Crippen LogP contribution in [-0.4, -0.2) is 24.0 Å². The molecule has 20 heavy (non-hydrogen) atoms. The third-order valence-electron chi connectivity index (χ3n) is 3.43. The van der Waals surface area contributed by atoms with E-state index in [4.69, 9.17) is 16.3 Å². The lowest BCUT2D eigenvalue weighted by Gasteiger charge is -2.17. The molecular formula is C15H18ClNO3. The van der Waals surface area contributed by atoms with Gasteiger partial charge >= 0.3 is 5.97 Å². The zero-order chi connectivity index (χ0) is 14.5. The number of esters is 1. The second-order valence-electron chi connectivity index (χ2n) is 5.04. The van der Waals surface area contributed by atoms with E-state index in [1.165, 1.54) is 0 Å². The fraction of sp³-hybridized carbons (Fsp3) is 0.467. The molecule has 2 rings (SSSR count). The van der Waals surface area contributed by atoms with Gasteiger partial charge in [-0.3, -0.25) is 4.79 Å². The van der Waals surface area contributed by atoms with E-state index in [0.717, 1.165) is 25.7 Å². The first-order valence-corrected chi connectivity index (χ1v) is 7.21. The molecule has 0 bridgehead atoms. The maximum Gasteiger partial charge on any atom is 0.338 e. The van der Waals surface area contributed by atoms with Crippen LogP contribution >= 0.6 is 11.6 Å². The second-order valence-corrected chi connectivity index (χ2v) is 5.48. The molecule has 1 aromatic carbocycles. The van der Waals surface area contributed by atoms with Crippen molar-refractivity contribution in [1.82, 2.24) is 5.32 Å². The van der Waals surface area contributed by atoms with E-state index >= 15 is 0 Å². The highest BCUT2D eigenvalue weighted by molar-refractivity contribution is 6.30. The molecule has 0 radical (unpaired) electrons. The van der Waals surface area contributed by atoms with Gasteiger partial charge in [0.25, 0.3) is 5.91 Å². The average Bonchev–Trinajstić information content (AvgIpc) is 2.92. The molecule has 0 aromatic heterocycles. The van der Waals surface area contributed by atoms with E-state index in [0.29, 0.717) is 10.6 Å². The van der Waals surface area contributed by atoms with Crippen molar-refractivity contribution in [3.8, 4) is 0 Å². The van der Waals surface area contributed by atoms with Crippen molar-refractivity contribution < 1.29 is 14.3 Å². The second kappa shape index (κ2) is 6.75. The van der Waals surface area contributed by atoms with E-state index in [-0.39, 0.29) is 11.9 Å². The van der Waals surface area contributed by atoms with Crippen molar-refractivity contribution in [3.05, 3.63) is 34.9 Å². The van der Waals surface area contributed by atoms with Gasteiger partial charge in [-0.05, 0) is 44.0 Å². The molecule has 1 N–H and O–H groups in total. The maximum absolute atomic E-state index is 11.9. The van der Waals surface area contributed by atoms with Crippen LogP contribution in [0, 0.1) is 0 Å². The molecule has 4 nitrogen and oxygen atoms in total. The first kappa shape index (κ1) is 14.9. The molecular weight excluding hydrogens is 278 g/mol. The summed E-state index contributed by atoms with van der Waals surface area (Å²) in [5.74, 6) is -0.755. The number of ether oxygens (including phenoxy) is 1. The third-order valence-corrected chi connectivity index (χ3v) is 3.69. The molecule has 1 aliphatic rings. The SMILES string of the molecule is C[C@@H](OC(=O)c1ccc(Cl)cc1)C(=O)NC1CCCC1. The molecule has 1 aromatic rings. The van der Waals surface area contributed by atoms with Crippen LogP contribution in [0.2, 0.25) is 5.02 Å². The first-order valence-electron chi connectivity index (χ1n) is 6.83. The number of rotatable bonds is 4. The topological polar surface area (TPSA) is 55.4 Å². The van der Waals surface area contributed by atoms with Gasteiger partial charge in [-0.25, -0.2) is 4.79 Å². The summed E-state index contributed by atoms with van der Waals surface area (Å²) in [4.78, 5) is 23.8. The van der Waals surface area contributed by atoms with E-state index in [9.17, 15) is 9.59 Å². The quantitative estimate of drug-likeness (QED) is 0.869. The minimum atomic E-state index is -0.793. The van der Waals surface area contributed by atoms with Crippen LogP contribution < -0.4 is 5.32 Å². The van der Waals surface area contributed by atoms with Crippen LogP contribution in [0.3, 0.4) is 0 Å². The zero-order valence-electron chi connectivity index (χ0n) is 11.4. The third kappa shape index (κ3) is 3.97. The average molecular weight is 296 g/mol. The van der Waals surface area contributed by atoms with Gasteiger partial charge in [-0.1, -0.05) is 24.4 Å². The largest absolute Gasteiger partial charge is 0.449 e. The van der Waals surface area contributed by atoms with Crippen molar-refractivity contribution in [3.63, 3.8) is 0 Å². The van der Waals surface area contributed by atoms with Crippen LogP contribution in [0.5, 0.6) is 0 Å². The van der Waals surface area contributed by atoms with Crippen LogP contribution in [0.1, 0.15) is 43.0 Å².